The molecule has 2 aromatic heterocycles. The van der Waals surface area contributed by atoms with Gasteiger partial charge in [-0.3, -0.25) is 4.79 Å². The Labute approximate surface area is 199 Å². The molecule has 0 atom stereocenters. The monoisotopic (exact) mass is 474 g/mol. The van der Waals surface area contributed by atoms with Crippen LogP contribution in [0.4, 0.5) is 0 Å². The normalized spacial score (nSPS) is 13.7. The minimum absolute atomic E-state index is 0.0144. The van der Waals surface area contributed by atoms with Crippen molar-refractivity contribution in [2.24, 2.45) is 10.9 Å². The molecular weight excluding hydrogens is 452 g/mol. The molecule has 1 N–H and O–H groups in total. The van der Waals surface area contributed by atoms with Crippen molar-refractivity contribution >= 4 is 23.2 Å². The number of ether oxygens (including phenoxy) is 1. The Hall–Kier alpha value is -3.92. The molecular formula is C24H22N6O3S. The minimum Gasteiger partial charge on any atom is -0.461 e. The zero-order chi connectivity index (χ0) is 23.5. The number of rotatable bonds is 7. The first kappa shape index (κ1) is 21.9. The van der Waals surface area contributed by atoms with Crippen molar-refractivity contribution in [3.05, 3.63) is 70.0 Å². The van der Waals surface area contributed by atoms with E-state index in [1.165, 1.54) is 11.3 Å². The number of nitrogens with one attached hydrogen (secondary N) is 1. The van der Waals surface area contributed by atoms with Gasteiger partial charge >= 0.3 is 5.97 Å². The third-order valence-electron chi connectivity index (χ3n) is 5.55. The van der Waals surface area contributed by atoms with E-state index in [1.807, 2.05) is 48.5 Å². The van der Waals surface area contributed by atoms with E-state index in [1.54, 1.807) is 16.9 Å². The smallest absolute Gasteiger partial charge is 0.355 e. The average molecular weight is 475 g/mol. The summed E-state index contributed by atoms with van der Waals surface area (Å²) in [6, 6.07) is 15.9. The highest BCUT2D eigenvalue weighted by molar-refractivity contribution is 7.07. The number of benzene rings is 2. The molecule has 2 aromatic carbocycles. The zero-order valence-corrected chi connectivity index (χ0v) is 19.3. The number of esters is 1. The molecule has 0 aliphatic heterocycles. The summed E-state index contributed by atoms with van der Waals surface area (Å²) in [7, 11) is 0. The van der Waals surface area contributed by atoms with Gasteiger partial charge in [-0.15, -0.1) is 16.4 Å². The van der Waals surface area contributed by atoms with Crippen LogP contribution in [0.3, 0.4) is 0 Å². The Morgan fingerprint density at radius 2 is 1.91 bits per heavy atom. The van der Waals surface area contributed by atoms with Crippen molar-refractivity contribution in [3.8, 4) is 22.5 Å². The zero-order valence-electron chi connectivity index (χ0n) is 18.5. The molecule has 1 saturated carbocycles. The summed E-state index contributed by atoms with van der Waals surface area (Å²) in [5, 5.41) is 15.9. The van der Waals surface area contributed by atoms with Gasteiger partial charge in [0.1, 0.15) is 5.69 Å². The van der Waals surface area contributed by atoms with Gasteiger partial charge < -0.3 is 9.30 Å². The summed E-state index contributed by atoms with van der Waals surface area (Å²) in [4.78, 5) is 29.6. The van der Waals surface area contributed by atoms with Gasteiger partial charge in [0, 0.05) is 16.9 Å². The molecule has 10 heteroatoms. The molecule has 5 rings (SSSR count). The molecule has 0 spiro atoms. The van der Waals surface area contributed by atoms with Crippen molar-refractivity contribution in [3.63, 3.8) is 0 Å². The molecule has 0 bridgehead atoms. The number of thiazole rings is 1. The third-order valence-corrected chi connectivity index (χ3v) is 6.41. The number of carbonyl (C=O) groups is 2. The Morgan fingerprint density at radius 3 is 2.59 bits per heavy atom. The maximum Gasteiger partial charge on any atom is 0.355 e. The van der Waals surface area contributed by atoms with E-state index in [-0.39, 0.29) is 18.4 Å². The molecule has 4 aromatic rings. The van der Waals surface area contributed by atoms with Crippen molar-refractivity contribution in [2.75, 3.05) is 6.61 Å². The first-order valence-electron chi connectivity index (χ1n) is 11.0. The number of aromatic nitrogens is 5. The molecule has 172 valence electrons. The SMILES string of the molecule is CCOC(=O)c1csc(=NC(=O)C2CC2)n1Cc1ccc(-c2ccccc2-c2nnn[nH]2)cc1. The van der Waals surface area contributed by atoms with Crippen LogP contribution in [-0.2, 0) is 16.1 Å². The van der Waals surface area contributed by atoms with Gasteiger partial charge in [-0.2, -0.15) is 4.99 Å². The molecule has 1 amide bonds. The highest BCUT2D eigenvalue weighted by atomic mass is 32.1. The van der Waals surface area contributed by atoms with E-state index in [0.717, 1.165) is 35.1 Å². The number of aromatic amines is 1. The van der Waals surface area contributed by atoms with E-state index >= 15 is 0 Å². The lowest BCUT2D eigenvalue weighted by molar-refractivity contribution is -0.119. The fraction of sp³-hybridized carbons (Fsp3) is 0.250. The van der Waals surface area contributed by atoms with Crippen LogP contribution in [0.25, 0.3) is 22.5 Å². The van der Waals surface area contributed by atoms with Crippen LogP contribution in [0.15, 0.2) is 58.9 Å². The van der Waals surface area contributed by atoms with Gasteiger partial charge in [0.15, 0.2) is 10.6 Å². The summed E-state index contributed by atoms with van der Waals surface area (Å²) in [6.45, 7) is 2.43. The highest BCUT2D eigenvalue weighted by Crippen LogP contribution is 2.31. The van der Waals surface area contributed by atoms with E-state index < -0.39 is 5.97 Å². The predicted octanol–water partition coefficient (Wildman–Crippen LogP) is 3.46. The molecule has 34 heavy (non-hydrogen) atoms. The lowest BCUT2D eigenvalue weighted by Crippen LogP contribution is -2.23. The molecule has 1 aliphatic carbocycles. The first-order chi connectivity index (χ1) is 16.6. The van der Waals surface area contributed by atoms with Crippen molar-refractivity contribution in [1.29, 1.82) is 0 Å². The molecule has 9 nitrogen and oxygen atoms in total. The Balaban J connectivity index is 1.46. The number of H-pyrrole nitrogens is 1. The highest BCUT2D eigenvalue weighted by Gasteiger charge is 2.29. The van der Waals surface area contributed by atoms with Crippen LogP contribution >= 0.6 is 11.3 Å². The summed E-state index contributed by atoms with van der Waals surface area (Å²) >= 11 is 1.28. The van der Waals surface area contributed by atoms with Gasteiger partial charge in [-0.1, -0.05) is 48.5 Å². The maximum absolute atomic E-state index is 12.5. The van der Waals surface area contributed by atoms with E-state index in [9.17, 15) is 9.59 Å². The molecule has 2 heterocycles. The molecule has 0 saturated heterocycles. The number of hydrogen-bond acceptors (Lipinski definition) is 7. The van der Waals surface area contributed by atoms with Crippen LogP contribution in [0.5, 0.6) is 0 Å². The van der Waals surface area contributed by atoms with Crippen LogP contribution < -0.4 is 4.80 Å². The standard InChI is InChI=1S/C24H22N6O3S/c1-2-33-23(32)20-14-34-24(25-22(31)17-11-12-17)30(20)13-15-7-9-16(10-8-15)18-5-3-4-6-19(18)21-26-28-29-27-21/h3-10,14,17H,2,11-13H2,1H3,(H,26,27,28,29). The number of amides is 1. The Kier molecular flexibility index (Phi) is 6.13. The predicted molar refractivity (Wildman–Crippen MR) is 126 cm³/mol. The van der Waals surface area contributed by atoms with Crippen LogP contribution in [-0.4, -0.2) is 43.7 Å². The maximum atomic E-state index is 12.5. The van der Waals surface area contributed by atoms with Crippen molar-refractivity contribution in [1.82, 2.24) is 25.2 Å². The van der Waals surface area contributed by atoms with E-state index in [4.69, 9.17) is 4.74 Å². The topological polar surface area (TPSA) is 115 Å². The first-order valence-corrected chi connectivity index (χ1v) is 11.9. The van der Waals surface area contributed by atoms with Gasteiger partial charge in [0.05, 0.1) is 13.2 Å². The number of nitrogens with zero attached hydrogens (tertiary/aromatic N) is 5. The van der Waals surface area contributed by atoms with Gasteiger partial charge in [0.2, 0.25) is 0 Å². The lowest BCUT2D eigenvalue weighted by Gasteiger charge is -2.11. The average Bonchev–Trinajstić information content (AvgIpc) is 3.43. The second-order valence-electron chi connectivity index (χ2n) is 7.93. The Morgan fingerprint density at radius 1 is 1.15 bits per heavy atom. The van der Waals surface area contributed by atoms with Crippen LogP contribution in [0.1, 0.15) is 35.8 Å². The van der Waals surface area contributed by atoms with E-state index in [0.29, 0.717) is 22.9 Å². The molecule has 1 fully saturated rings. The van der Waals surface area contributed by atoms with Crippen molar-refractivity contribution < 1.29 is 14.3 Å². The number of carbonyl (C=O) groups excluding carboxylic acids is 2. The molecule has 1 aliphatic rings. The summed E-state index contributed by atoms with van der Waals surface area (Å²) < 4.78 is 6.97. The van der Waals surface area contributed by atoms with Crippen molar-refractivity contribution in [2.45, 2.75) is 26.3 Å². The fourth-order valence-electron chi connectivity index (χ4n) is 3.64. The largest absolute Gasteiger partial charge is 0.461 e. The number of hydrogen-bond donors (Lipinski definition) is 1. The minimum atomic E-state index is -0.426. The van der Waals surface area contributed by atoms with E-state index in [2.05, 4.69) is 25.6 Å². The van der Waals surface area contributed by atoms with Gasteiger partial charge in [-0.05, 0) is 46.9 Å². The summed E-state index contributed by atoms with van der Waals surface area (Å²) in [5.74, 6) is 0.0600. The second kappa shape index (κ2) is 9.52. The Bertz CT molecular complexity index is 1380. The summed E-state index contributed by atoms with van der Waals surface area (Å²) in [5.41, 5.74) is 4.25. The second-order valence-corrected chi connectivity index (χ2v) is 8.76. The number of tetrazole rings is 1. The van der Waals surface area contributed by atoms with Gasteiger partial charge in [0.25, 0.3) is 5.91 Å². The fourth-order valence-corrected chi connectivity index (χ4v) is 4.52. The lowest BCUT2D eigenvalue weighted by atomic mass is 9.98. The summed E-state index contributed by atoms with van der Waals surface area (Å²) in [6.07, 6.45) is 1.76. The molecule has 0 unspecified atom stereocenters. The van der Waals surface area contributed by atoms with Gasteiger partial charge in [-0.25, -0.2) is 9.89 Å². The third kappa shape index (κ3) is 4.58. The van der Waals surface area contributed by atoms with Crippen LogP contribution in [0, 0.1) is 5.92 Å². The molecule has 0 radical (unpaired) electrons. The quantitative estimate of drug-likeness (QED) is 0.410. The van der Waals surface area contributed by atoms with Crippen LogP contribution in [0.2, 0.25) is 0 Å².